The van der Waals surface area contributed by atoms with Crippen LogP contribution in [0.4, 0.5) is 5.69 Å². The van der Waals surface area contributed by atoms with E-state index in [1.807, 2.05) is 20.8 Å². The summed E-state index contributed by atoms with van der Waals surface area (Å²) in [4.78, 5) is 12.3. The van der Waals surface area contributed by atoms with Crippen molar-refractivity contribution in [2.75, 3.05) is 12.4 Å². The highest BCUT2D eigenvalue weighted by Gasteiger charge is 2.14. The number of rotatable bonds is 5. The Balaban J connectivity index is 2.22. The van der Waals surface area contributed by atoms with Gasteiger partial charge in [-0.2, -0.15) is 5.10 Å². The van der Waals surface area contributed by atoms with Crippen LogP contribution in [0.1, 0.15) is 41.4 Å². The lowest BCUT2D eigenvalue weighted by Gasteiger charge is -2.14. The van der Waals surface area contributed by atoms with Crippen LogP contribution in [0.2, 0.25) is 0 Å². The predicted molar refractivity (Wildman–Crippen MR) is 84.1 cm³/mol. The van der Waals surface area contributed by atoms with Crippen LogP contribution in [-0.4, -0.2) is 27.9 Å². The van der Waals surface area contributed by atoms with Crippen molar-refractivity contribution in [3.63, 3.8) is 0 Å². The van der Waals surface area contributed by atoms with Gasteiger partial charge in [0.05, 0.1) is 0 Å². The number of phenolic OH excluding ortho intramolecular Hbond substituents is 1. The number of methoxy groups -OCH3 is 1. The summed E-state index contributed by atoms with van der Waals surface area (Å²) in [6.45, 7) is 6.11. The summed E-state index contributed by atoms with van der Waals surface area (Å²) >= 11 is 0. The Kier molecular flexibility index (Phi) is 4.82. The molecule has 0 unspecified atom stereocenters. The number of aryl methyl sites for hydroxylation is 1. The quantitative estimate of drug-likeness (QED) is 0.833. The summed E-state index contributed by atoms with van der Waals surface area (Å²) in [5, 5.41) is 16.9. The Morgan fingerprint density at radius 2 is 2.18 bits per heavy atom. The predicted octanol–water partition coefficient (Wildman–Crippen LogP) is 2.88. The van der Waals surface area contributed by atoms with Crippen molar-refractivity contribution in [1.29, 1.82) is 0 Å². The highest BCUT2D eigenvalue weighted by atomic mass is 16.5. The van der Waals surface area contributed by atoms with E-state index in [0.29, 0.717) is 18.1 Å². The zero-order chi connectivity index (χ0) is 16.3. The first-order chi connectivity index (χ1) is 10.4. The van der Waals surface area contributed by atoms with Crippen LogP contribution in [0, 0.1) is 6.92 Å². The van der Waals surface area contributed by atoms with Gasteiger partial charge < -0.3 is 15.2 Å². The summed E-state index contributed by atoms with van der Waals surface area (Å²) < 4.78 is 6.49. The van der Waals surface area contributed by atoms with Crippen LogP contribution in [-0.2, 0) is 11.5 Å². The van der Waals surface area contributed by atoms with Crippen LogP contribution >= 0.6 is 0 Å². The Hall–Kier alpha value is -2.34. The second-order valence-electron chi connectivity index (χ2n) is 5.49. The molecule has 1 heterocycles. The van der Waals surface area contributed by atoms with E-state index in [2.05, 4.69) is 10.4 Å². The second kappa shape index (κ2) is 6.62. The number of anilines is 1. The summed E-state index contributed by atoms with van der Waals surface area (Å²) in [5.41, 5.74) is 2.58. The molecule has 6 heteroatoms. The van der Waals surface area contributed by atoms with E-state index in [0.717, 1.165) is 11.1 Å². The number of nitrogens with zero attached hydrogens (tertiary/aromatic N) is 2. The summed E-state index contributed by atoms with van der Waals surface area (Å²) in [7, 11) is 1.56. The summed E-state index contributed by atoms with van der Waals surface area (Å²) in [6, 6.07) is 5.10. The number of hydrogen-bond acceptors (Lipinski definition) is 4. The van der Waals surface area contributed by atoms with E-state index in [4.69, 9.17) is 4.74 Å². The largest absolute Gasteiger partial charge is 0.508 e. The van der Waals surface area contributed by atoms with Crippen molar-refractivity contribution in [3.8, 4) is 5.75 Å². The molecule has 1 aromatic heterocycles. The maximum absolute atomic E-state index is 12.3. The number of aromatic hydroxyl groups is 1. The first kappa shape index (κ1) is 16.0. The third-order valence-electron chi connectivity index (χ3n) is 3.38. The van der Waals surface area contributed by atoms with Crippen LogP contribution < -0.4 is 5.32 Å². The van der Waals surface area contributed by atoms with Gasteiger partial charge >= 0.3 is 0 Å². The van der Waals surface area contributed by atoms with Crippen LogP contribution in [0.15, 0.2) is 24.4 Å². The molecule has 0 aliphatic carbocycles. The lowest BCUT2D eigenvalue weighted by atomic mass is 9.99. The molecule has 0 bridgehead atoms. The highest BCUT2D eigenvalue weighted by molar-refractivity contribution is 6.03. The van der Waals surface area contributed by atoms with Gasteiger partial charge in [0.2, 0.25) is 0 Å². The molecule has 22 heavy (non-hydrogen) atoms. The SMILES string of the molecule is COCn1ccc(C(=O)Nc2cc(C(C)C)c(O)cc2C)n1. The zero-order valence-corrected chi connectivity index (χ0v) is 13.3. The summed E-state index contributed by atoms with van der Waals surface area (Å²) in [5.74, 6) is 0.116. The van der Waals surface area contributed by atoms with Crippen molar-refractivity contribution in [2.24, 2.45) is 0 Å². The van der Waals surface area contributed by atoms with Crippen molar-refractivity contribution in [2.45, 2.75) is 33.4 Å². The van der Waals surface area contributed by atoms with Gasteiger partial charge in [0, 0.05) is 19.0 Å². The van der Waals surface area contributed by atoms with E-state index in [1.54, 1.807) is 31.5 Å². The van der Waals surface area contributed by atoms with Crippen LogP contribution in [0.3, 0.4) is 0 Å². The molecule has 1 aromatic carbocycles. The van der Waals surface area contributed by atoms with Crippen LogP contribution in [0.5, 0.6) is 5.75 Å². The molecule has 0 aliphatic heterocycles. The molecule has 0 atom stereocenters. The van der Waals surface area contributed by atoms with E-state index in [1.165, 1.54) is 4.68 Å². The third kappa shape index (κ3) is 3.46. The fourth-order valence-corrected chi connectivity index (χ4v) is 2.18. The highest BCUT2D eigenvalue weighted by Crippen LogP contribution is 2.31. The van der Waals surface area contributed by atoms with E-state index in [-0.39, 0.29) is 17.6 Å². The van der Waals surface area contributed by atoms with Gasteiger partial charge in [-0.15, -0.1) is 0 Å². The Morgan fingerprint density at radius 3 is 2.82 bits per heavy atom. The van der Waals surface area contributed by atoms with Crippen molar-refractivity contribution < 1.29 is 14.6 Å². The average Bonchev–Trinajstić information content (AvgIpc) is 2.90. The fourth-order valence-electron chi connectivity index (χ4n) is 2.18. The molecule has 0 fully saturated rings. The van der Waals surface area contributed by atoms with Gasteiger partial charge in [0.25, 0.3) is 5.91 Å². The van der Waals surface area contributed by atoms with Gasteiger partial charge in [-0.25, -0.2) is 4.68 Å². The minimum absolute atomic E-state index is 0.164. The van der Waals surface area contributed by atoms with Gasteiger partial charge in [-0.05, 0) is 42.2 Å². The molecule has 0 saturated carbocycles. The number of carbonyl (C=O) groups excluding carboxylic acids is 1. The fraction of sp³-hybridized carbons (Fsp3) is 0.375. The van der Waals surface area contributed by atoms with E-state index in [9.17, 15) is 9.90 Å². The molecule has 6 nitrogen and oxygen atoms in total. The molecule has 0 radical (unpaired) electrons. The minimum Gasteiger partial charge on any atom is -0.508 e. The molecule has 0 aliphatic rings. The van der Waals surface area contributed by atoms with Gasteiger partial charge in [-0.3, -0.25) is 4.79 Å². The van der Waals surface area contributed by atoms with E-state index >= 15 is 0 Å². The number of ether oxygens (including phenoxy) is 1. The number of benzene rings is 1. The first-order valence-corrected chi connectivity index (χ1v) is 7.09. The lowest BCUT2D eigenvalue weighted by Crippen LogP contribution is -2.14. The number of nitrogens with one attached hydrogen (secondary N) is 1. The monoisotopic (exact) mass is 303 g/mol. The molecule has 2 rings (SSSR count). The first-order valence-electron chi connectivity index (χ1n) is 7.09. The Labute approximate surface area is 129 Å². The Bertz CT molecular complexity index is 677. The maximum Gasteiger partial charge on any atom is 0.276 e. The molecule has 0 spiro atoms. The number of carbonyl (C=O) groups is 1. The third-order valence-corrected chi connectivity index (χ3v) is 3.38. The Morgan fingerprint density at radius 1 is 1.45 bits per heavy atom. The van der Waals surface area contributed by atoms with Crippen molar-refractivity contribution in [1.82, 2.24) is 9.78 Å². The standard InChI is InChI=1S/C16H21N3O3/c1-10(2)12-8-14(11(3)7-15(12)20)17-16(21)13-5-6-19(18-13)9-22-4/h5-8,10,20H,9H2,1-4H3,(H,17,21). The molecule has 118 valence electrons. The topological polar surface area (TPSA) is 76.4 Å². The molecule has 1 amide bonds. The maximum atomic E-state index is 12.3. The molecule has 2 aromatic rings. The smallest absolute Gasteiger partial charge is 0.276 e. The van der Waals surface area contributed by atoms with Gasteiger partial charge in [0.15, 0.2) is 5.69 Å². The zero-order valence-electron chi connectivity index (χ0n) is 13.3. The number of phenols is 1. The van der Waals surface area contributed by atoms with Crippen molar-refractivity contribution >= 4 is 11.6 Å². The number of hydrogen-bond donors (Lipinski definition) is 2. The average molecular weight is 303 g/mol. The number of aromatic nitrogens is 2. The molecular weight excluding hydrogens is 282 g/mol. The normalized spacial score (nSPS) is 11.0. The second-order valence-corrected chi connectivity index (χ2v) is 5.49. The molecular formula is C16H21N3O3. The summed E-state index contributed by atoms with van der Waals surface area (Å²) in [6.07, 6.45) is 1.68. The minimum atomic E-state index is -0.293. The van der Waals surface area contributed by atoms with Crippen molar-refractivity contribution in [3.05, 3.63) is 41.2 Å². The lowest BCUT2D eigenvalue weighted by molar-refractivity contribution is 0.101. The van der Waals surface area contributed by atoms with Gasteiger partial charge in [0.1, 0.15) is 12.5 Å². The molecule has 0 saturated heterocycles. The number of amides is 1. The van der Waals surface area contributed by atoms with Crippen LogP contribution in [0.25, 0.3) is 0 Å². The van der Waals surface area contributed by atoms with E-state index < -0.39 is 0 Å². The molecule has 2 N–H and O–H groups in total. The van der Waals surface area contributed by atoms with Gasteiger partial charge in [-0.1, -0.05) is 13.8 Å².